The van der Waals surface area contributed by atoms with E-state index in [1.807, 2.05) is 18.2 Å². The number of benzene rings is 1. The molecule has 0 amide bonds. The topological polar surface area (TPSA) is 151 Å². The summed E-state index contributed by atoms with van der Waals surface area (Å²) in [5.41, 5.74) is -2.19. The first-order valence-corrected chi connectivity index (χ1v) is 9.74. The number of aromatic hydroxyl groups is 1. The first kappa shape index (κ1) is 21.7. The van der Waals surface area contributed by atoms with Gasteiger partial charge in [-0.25, -0.2) is 9.59 Å². The normalized spacial score (nSPS) is 11.6. The van der Waals surface area contributed by atoms with Crippen LogP contribution in [0.25, 0.3) is 11.2 Å². The number of azo groups is 1. The molecule has 0 bridgehead atoms. The molecule has 1 aromatic carbocycles. The van der Waals surface area contributed by atoms with Gasteiger partial charge in [-0.15, -0.1) is 10.2 Å². The lowest BCUT2D eigenvalue weighted by atomic mass is 10.2. The molecule has 4 rings (SSSR count). The van der Waals surface area contributed by atoms with Crippen LogP contribution in [0.2, 0.25) is 0 Å². The van der Waals surface area contributed by atoms with Gasteiger partial charge in [-0.3, -0.25) is 27.9 Å². The number of hydrogen-bond donors (Lipinski definition) is 1. The van der Waals surface area contributed by atoms with Crippen LogP contribution < -0.4 is 22.5 Å². The van der Waals surface area contributed by atoms with Crippen molar-refractivity contribution in [3.63, 3.8) is 0 Å². The van der Waals surface area contributed by atoms with Gasteiger partial charge in [0.1, 0.15) is 0 Å². The Morgan fingerprint density at radius 1 is 0.818 bits per heavy atom. The average molecular weight is 452 g/mol. The Labute approximate surface area is 184 Å². The number of hydrogen-bond acceptors (Lipinski definition) is 8. The van der Waals surface area contributed by atoms with E-state index in [4.69, 9.17) is 0 Å². The van der Waals surface area contributed by atoms with E-state index in [-0.39, 0.29) is 23.7 Å². The number of rotatable bonds is 4. The first-order chi connectivity index (χ1) is 15.6. The van der Waals surface area contributed by atoms with Crippen molar-refractivity contribution in [1.29, 1.82) is 0 Å². The smallest absolute Gasteiger partial charge is 0.333 e. The maximum atomic E-state index is 13.1. The van der Waals surface area contributed by atoms with Crippen LogP contribution in [0.1, 0.15) is 5.56 Å². The van der Waals surface area contributed by atoms with Gasteiger partial charge in [-0.2, -0.15) is 4.98 Å². The van der Waals surface area contributed by atoms with E-state index in [0.29, 0.717) is 0 Å². The molecule has 3 aromatic heterocycles. The molecular weight excluding hydrogens is 432 g/mol. The van der Waals surface area contributed by atoms with Crippen molar-refractivity contribution in [1.82, 2.24) is 27.8 Å². The minimum Gasteiger partial charge on any atom is -0.493 e. The summed E-state index contributed by atoms with van der Waals surface area (Å²) < 4.78 is 5.27. The number of nitrogens with zero attached hydrogens (tertiary/aromatic N) is 8. The maximum Gasteiger partial charge on any atom is 0.333 e. The molecule has 0 radical (unpaired) electrons. The lowest BCUT2D eigenvalue weighted by Crippen LogP contribution is -2.39. The fourth-order valence-electron chi connectivity index (χ4n) is 3.42. The fraction of sp³-hybridized carbons (Fsp3) is 0.250. The number of aromatic nitrogens is 6. The number of imidazole rings is 1. The summed E-state index contributed by atoms with van der Waals surface area (Å²) in [6, 6.07) is 9.07. The zero-order valence-corrected chi connectivity index (χ0v) is 18.3. The summed E-state index contributed by atoms with van der Waals surface area (Å²) in [6.07, 6.45) is 0. The third kappa shape index (κ3) is 3.39. The van der Waals surface area contributed by atoms with Crippen molar-refractivity contribution in [2.45, 2.75) is 6.54 Å². The Morgan fingerprint density at radius 2 is 1.48 bits per heavy atom. The van der Waals surface area contributed by atoms with Gasteiger partial charge in [0, 0.05) is 28.2 Å². The predicted molar refractivity (Wildman–Crippen MR) is 119 cm³/mol. The SMILES string of the molecule is Cn1c(O)c(N=Nc2nc3c(c(=O)n(Cc4ccccc4)c(=O)n3C)n2C)c(=O)n(C)c1=O. The molecule has 170 valence electrons. The molecule has 33 heavy (non-hydrogen) atoms. The standard InChI is InChI=1S/C20H20N8O5/c1-24-13-14(25(2)20(33)28(17(13)31)10-11-8-6-5-7-9-11)21-18(24)23-22-12-15(29)26(3)19(32)27(4)16(12)30/h5-9,29H,10H2,1-4H3. The summed E-state index contributed by atoms with van der Waals surface area (Å²) in [7, 11) is 5.51. The predicted octanol–water partition coefficient (Wildman–Crippen LogP) is 0.000400. The fourth-order valence-corrected chi connectivity index (χ4v) is 3.42. The van der Waals surface area contributed by atoms with Crippen LogP contribution in [0, 0.1) is 0 Å². The molecule has 13 nitrogen and oxygen atoms in total. The second kappa shape index (κ2) is 7.85. The van der Waals surface area contributed by atoms with Gasteiger partial charge in [0.25, 0.3) is 17.1 Å². The molecule has 0 saturated heterocycles. The van der Waals surface area contributed by atoms with Gasteiger partial charge in [0.05, 0.1) is 6.54 Å². The average Bonchev–Trinajstić information content (AvgIpc) is 3.15. The van der Waals surface area contributed by atoms with Crippen molar-refractivity contribution >= 4 is 22.8 Å². The molecule has 0 aliphatic carbocycles. The molecule has 3 heterocycles. The summed E-state index contributed by atoms with van der Waals surface area (Å²) in [5.74, 6) is -0.743. The molecule has 0 atom stereocenters. The molecule has 1 N–H and O–H groups in total. The molecule has 0 aliphatic rings. The zero-order valence-electron chi connectivity index (χ0n) is 18.3. The maximum absolute atomic E-state index is 13.1. The second-order valence-corrected chi connectivity index (χ2v) is 7.44. The first-order valence-electron chi connectivity index (χ1n) is 9.74. The highest BCUT2D eigenvalue weighted by molar-refractivity contribution is 5.73. The molecular formula is C20H20N8O5. The number of fused-ring (bicyclic) bond motifs is 1. The highest BCUT2D eigenvalue weighted by atomic mass is 16.3. The van der Waals surface area contributed by atoms with E-state index in [1.54, 1.807) is 12.1 Å². The summed E-state index contributed by atoms with van der Waals surface area (Å²) in [4.78, 5) is 54.4. The van der Waals surface area contributed by atoms with Gasteiger partial charge < -0.3 is 9.67 Å². The Morgan fingerprint density at radius 3 is 2.15 bits per heavy atom. The largest absolute Gasteiger partial charge is 0.493 e. The van der Waals surface area contributed by atoms with E-state index in [2.05, 4.69) is 15.2 Å². The van der Waals surface area contributed by atoms with Gasteiger partial charge in [0.2, 0.25) is 11.6 Å². The third-order valence-electron chi connectivity index (χ3n) is 5.37. The van der Waals surface area contributed by atoms with Crippen molar-refractivity contribution in [3.8, 4) is 5.88 Å². The lowest BCUT2D eigenvalue weighted by Gasteiger charge is -2.08. The second-order valence-electron chi connectivity index (χ2n) is 7.44. The Kier molecular flexibility index (Phi) is 5.16. The third-order valence-corrected chi connectivity index (χ3v) is 5.37. The van der Waals surface area contributed by atoms with Gasteiger partial charge in [-0.05, 0) is 5.56 Å². The molecule has 0 unspecified atom stereocenters. The van der Waals surface area contributed by atoms with Crippen LogP contribution in [0.15, 0.2) is 59.7 Å². The highest BCUT2D eigenvalue weighted by Gasteiger charge is 2.20. The van der Waals surface area contributed by atoms with Crippen LogP contribution in [0.4, 0.5) is 11.6 Å². The molecule has 0 spiro atoms. The Bertz CT molecular complexity index is 1670. The lowest BCUT2D eigenvalue weighted by molar-refractivity contribution is 0.413. The number of aryl methyl sites for hydroxylation is 2. The summed E-state index contributed by atoms with van der Waals surface area (Å²) in [6.45, 7) is 0.0757. The van der Waals surface area contributed by atoms with Crippen LogP contribution in [-0.4, -0.2) is 32.9 Å². The summed E-state index contributed by atoms with van der Waals surface area (Å²) >= 11 is 0. The van der Waals surface area contributed by atoms with Gasteiger partial charge >= 0.3 is 11.4 Å². The Balaban J connectivity index is 1.88. The van der Waals surface area contributed by atoms with Crippen LogP contribution in [-0.2, 0) is 34.7 Å². The van der Waals surface area contributed by atoms with Crippen LogP contribution in [0.3, 0.4) is 0 Å². The molecule has 13 heteroatoms. The zero-order chi connectivity index (χ0) is 24.0. The van der Waals surface area contributed by atoms with E-state index < -0.39 is 34.1 Å². The van der Waals surface area contributed by atoms with Crippen LogP contribution in [0.5, 0.6) is 5.88 Å². The minimum atomic E-state index is -0.851. The highest BCUT2D eigenvalue weighted by Crippen LogP contribution is 2.23. The van der Waals surface area contributed by atoms with E-state index in [0.717, 1.165) is 19.3 Å². The monoisotopic (exact) mass is 452 g/mol. The molecule has 0 saturated carbocycles. The van der Waals surface area contributed by atoms with Crippen molar-refractivity contribution in [2.24, 2.45) is 38.4 Å². The minimum absolute atomic E-state index is 0.0757. The quantitative estimate of drug-likeness (QED) is 0.431. The van der Waals surface area contributed by atoms with E-state index >= 15 is 0 Å². The van der Waals surface area contributed by atoms with Crippen molar-refractivity contribution < 1.29 is 5.11 Å². The van der Waals surface area contributed by atoms with E-state index in [1.165, 1.54) is 37.3 Å². The summed E-state index contributed by atoms with van der Waals surface area (Å²) in [5, 5.41) is 17.8. The molecule has 0 fully saturated rings. The van der Waals surface area contributed by atoms with Gasteiger partial charge in [-0.1, -0.05) is 30.3 Å². The molecule has 4 aromatic rings. The van der Waals surface area contributed by atoms with Crippen LogP contribution >= 0.6 is 0 Å². The molecule has 0 aliphatic heterocycles. The van der Waals surface area contributed by atoms with Crippen molar-refractivity contribution in [3.05, 3.63) is 77.6 Å². The van der Waals surface area contributed by atoms with Gasteiger partial charge in [0.15, 0.2) is 11.2 Å². The van der Waals surface area contributed by atoms with E-state index in [9.17, 15) is 24.3 Å². The Hall–Kier alpha value is -4.55. The van der Waals surface area contributed by atoms with Crippen molar-refractivity contribution in [2.75, 3.05) is 0 Å².